The van der Waals surface area contributed by atoms with Crippen molar-refractivity contribution in [3.63, 3.8) is 0 Å². The number of hydrogen-bond acceptors (Lipinski definition) is 2. The summed E-state index contributed by atoms with van der Waals surface area (Å²) >= 11 is 1.73. The predicted octanol–water partition coefficient (Wildman–Crippen LogP) is 2.65. The number of aromatic nitrogens is 1. The molecule has 3 nitrogen and oxygen atoms in total. The van der Waals surface area contributed by atoms with E-state index >= 15 is 0 Å². The van der Waals surface area contributed by atoms with Crippen LogP contribution in [-0.2, 0) is 0 Å². The van der Waals surface area contributed by atoms with Crippen LogP contribution in [0.5, 0.6) is 0 Å². The van der Waals surface area contributed by atoms with Crippen molar-refractivity contribution in [2.45, 2.75) is 13.0 Å². The molecule has 0 aliphatic rings. The van der Waals surface area contributed by atoms with E-state index in [4.69, 9.17) is 0 Å². The van der Waals surface area contributed by atoms with Gasteiger partial charge in [0.15, 0.2) is 0 Å². The van der Waals surface area contributed by atoms with Gasteiger partial charge in [0.05, 0.1) is 0 Å². The minimum Gasteiger partial charge on any atom is -0.361 e. The molecule has 0 aliphatic heterocycles. The van der Waals surface area contributed by atoms with Gasteiger partial charge in [0, 0.05) is 29.1 Å². The Labute approximate surface area is 105 Å². The number of hydrogen-bond donors (Lipinski definition) is 2. The standard InChI is InChI=1S/C13H16N2OS/c1-9(8-17-2)15-13(16)11-4-3-10-5-6-14-12(10)7-11/h3-7,9,14H,8H2,1-2H3,(H,15,16). The highest BCUT2D eigenvalue weighted by molar-refractivity contribution is 7.98. The van der Waals surface area contributed by atoms with E-state index in [1.807, 2.05) is 43.6 Å². The topological polar surface area (TPSA) is 44.9 Å². The first-order valence-electron chi connectivity index (χ1n) is 5.57. The summed E-state index contributed by atoms with van der Waals surface area (Å²) < 4.78 is 0. The maximum absolute atomic E-state index is 12.0. The third kappa shape index (κ3) is 2.82. The Kier molecular flexibility index (Phi) is 3.74. The lowest BCUT2D eigenvalue weighted by molar-refractivity contribution is 0.0944. The molecule has 2 N–H and O–H groups in total. The van der Waals surface area contributed by atoms with E-state index in [0.29, 0.717) is 5.56 Å². The van der Waals surface area contributed by atoms with Crippen molar-refractivity contribution in [2.24, 2.45) is 0 Å². The van der Waals surface area contributed by atoms with Crippen molar-refractivity contribution in [2.75, 3.05) is 12.0 Å². The fourth-order valence-corrected chi connectivity index (χ4v) is 2.37. The second kappa shape index (κ2) is 5.27. The zero-order valence-electron chi connectivity index (χ0n) is 9.99. The average Bonchev–Trinajstić information content (AvgIpc) is 2.75. The van der Waals surface area contributed by atoms with Crippen LogP contribution in [0, 0.1) is 0 Å². The monoisotopic (exact) mass is 248 g/mol. The molecule has 0 aliphatic carbocycles. The first-order chi connectivity index (χ1) is 8.20. The molecule has 90 valence electrons. The summed E-state index contributed by atoms with van der Waals surface area (Å²) in [5.74, 6) is 0.916. The van der Waals surface area contributed by atoms with Crippen LogP contribution >= 0.6 is 11.8 Å². The first-order valence-corrected chi connectivity index (χ1v) is 6.97. The minimum absolute atomic E-state index is 0.0111. The summed E-state index contributed by atoms with van der Waals surface area (Å²) in [6.07, 6.45) is 3.91. The molecule has 0 saturated carbocycles. The second-order valence-electron chi connectivity index (χ2n) is 4.11. The predicted molar refractivity (Wildman–Crippen MR) is 73.6 cm³/mol. The number of H-pyrrole nitrogens is 1. The Hall–Kier alpha value is -1.42. The van der Waals surface area contributed by atoms with Crippen molar-refractivity contribution in [3.8, 4) is 0 Å². The summed E-state index contributed by atoms with van der Waals surface area (Å²) in [6.45, 7) is 2.02. The van der Waals surface area contributed by atoms with Gasteiger partial charge in [-0.2, -0.15) is 11.8 Å². The lowest BCUT2D eigenvalue weighted by Crippen LogP contribution is -2.34. The highest BCUT2D eigenvalue weighted by Crippen LogP contribution is 2.14. The van der Waals surface area contributed by atoms with Gasteiger partial charge in [-0.15, -0.1) is 0 Å². The fourth-order valence-electron chi connectivity index (χ4n) is 1.79. The molecule has 1 heterocycles. The Morgan fingerprint density at radius 2 is 2.29 bits per heavy atom. The van der Waals surface area contributed by atoms with Gasteiger partial charge >= 0.3 is 0 Å². The van der Waals surface area contributed by atoms with E-state index in [1.165, 1.54) is 0 Å². The molecule has 2 rings (SSSR count). The number of thioether (sulfide) groups is 1. The normalized spacial score (nSPS) is 12.6. The maximum atomic E-state index is 12.0. The number of carbonyl (C=O) groups excluding carboxylic acids is 1. The van der Waals surface area contributed by atoms with E-state index in [9.17, 15) is 4.79 Å². The van der Waals surface area contributed by atoms with Crippen LogP contribution in [0.3, 0.4) is 0 Å². The molecule has 0 saturated heterocycles. The molecular weight excluding hydrogens is 232 g/mol. The molecule has 17 heavy (non-hydrogen) atoms. The molecule has 0 fully saturated rings. The van der Waals surface area contributed by atoms with Gasteiger partial charge in [0.2, 0.25) is 0 Å². The lowest BCUT2D eigenvalue weighted by Gasteiger charge is -2.12. The van der Waals surface area contributed by atoms with Crippen molar-refractivity contribution < 1.29 is 4.79 Å². The van der Waals surface area contributed by atoms with Crippen molar-refractivity contribution >= 4 is 28.6 Å². The Morgan fingerprint density at radius 3 is 3.06 bits per heavy atom. The summed E-state index contributed by atoms with van der Waals surface area (Å²) in [7, 11) is 0. The summed E-state index contributed by atoms with van der Waals surface area (Å²) in [5.41, 5.74) is 1.70. The number of aromatic amines is 1. The number of carbonyl (C=O) groups is 1. The number of rotatable bonds is 4. The lowest BCUT2D eigenvalue weighted by atomic mass is 10.1. The molecule has 1 amide bonds. The highest BCUT2D eigenvalue weighted by atomic mass is 32.2. The smallest absolute Gasteiger partial charge is 0.251 e. The number of benzene rings is 1. The molecule has 1 unspecified atom stereocenters. The van der Waals surface area contributed by atoms with Crippen molar-refractivity contribution in [3.05, 3.63) is 36.0 Å². The van der Waals surface area contributed by atoms with Gasteiger partial charge in [-0.3, -0.25) is 4.79 Å². The van der Waals surface area contributed by atoms with Crippen LogP contribution in [-0.4, -0.2) is 28.9 Å². The molecule has 2 aromatic rings. The Bertz CT molecular complexity index is 521. The number of fused-ring (bicyclic) bond motifs is 1. The van der Waals surface area contributed by atoms with Crippen LogP contribution in [0.15, 0.2) is 30.5 Å². The third-order valence-electron chi connectivity index (χ3n) is 2.61. The zero-order valence-corrected chi connectivity index (χ0v) is 10.8. The van der Waals surface area contributed by atoms with E-state index < -0.39 is 0 Å². The zero-order chi connectivity index (χ0) is 12.3. The van der Waals surface area contributed by atoms with Gasteiger partial charge in [-0.1, -0.05) is 6.07 Å². The molecule has 1 aromatic carbocycles. The van der Waals surface area contributed by atoms with Crippen LogP contribution in [0.4, 0.5) is 0 Å². The van der Waals surface area contributed by atoms with Gasteiger partial charge in [-0.05, 0) is 36.8 Å². The Morgan fingerprint density at radius 1 is 1.47 bits per heavy atom. The van der Waals surface area contributed by atoms with Crippen LogP contribution in [0.25, 0.3) is 10.9 Å². The van der Waals surface area contributed by atoms with Crippen LogP contribution < -0.4 is 5.32 Å². The van der Waals surface area contributed by atoms with Gasteiger partial charge in [0.1, 0.15) is 0 Å². The average molecular weight is 248 g/mol. The number of amides is 1. The van der Waals surface area contributed by atoms with Crippen molar-refractivity contribution in [1.29, 1.82) is 0 Å². The fraction of sp³-hybridized carbons (Fsp3) is 0.308. The maximum Gasteiger partial charge on any atom is 0.251 e. The number of nitrogens with one attached hydrogen (secondary N) is 2. The van der Waals surface area contributed by atoms with E-state index in [2.05, 4.69) is 10.3 Å². The molecule has 4 heteroatoms. The SMILES string of the molecule is CSCC(C)NC(=O)c1ccc2cc[nH]c2c1. The highest BCUT2D eigenvalue weighted by Gasteiger charge is 2.09. The Balaban J connectivity index is 2.13. The van der Waals surface area contributed by atoms with E-state index in [1.54, 1.807) is 11.8 Å². The van der Waals surface area contributed by atoms with Gasteiger partial charge in [-0.25, -0.2) is 0 Å². The van der Waals surface area contributed by atoms with E-state index in [0.717, 1.165) is 16.7 Å². The van der Waals surface area contributed by atoms with Gasteiger partial charge < -0.3 is 10.3 Å². The quantitative estimate of drug-likeness (QED) is 0.873. The second-order valence-corrected chi connectivity index (χ2v) is 5.02. The van der Waals surface area contributed by atoms with Gasteiger partial charge in [0.25, 0.3) is 5.91 Å². The minimum atomic E-state index is -0.0111. The molecule has 0 bridgehead atoms. The first kappa shape index (κ1) is 12.0. The molecule has 1 atom stereocenters. The molecule has 1 aromatic heterocycles. The molecular formula is C13H16N2OS. The van der Waals surface area contributed by atoms with Crippen LogP contribution in [0.2, 0.25) is 0 Å². The molecule has 0 radical (unpaired) electrons. The van der Waals surface area contributed by atoms with E-state index in [-0.39, 0.29) is 11.9 Å². The summed E-state index contributed by atoms with van der Waals surface area (Å²) in [5, 5.41) is 4.10. The summed E-state index contributed by atoms with van der Waals surface area (Å²) in [6, 6.07) is 7.89. The van der Waals surface area contributed by atoms with Crippen LogP contribution in [0.1, 0.15) is 17.3 Å². The third-order valence-corrected chi connectivity index (χ3v) is 3.44. The molecule has 0 spiro atoms. The summed E-state index contributed by atoms with van der Waals surface area (Å²) in [4.78, 5) is 15.1. The largest absolute Gasteiger partial charge is 0.361 e. The van der Waals surface area contributed by atoms with Crippen molar-refractivity contribution in [1.82, 2.24) is 10.3 Å².